The monoisotopic (exact) mass is 244 g/mol. The summed E-state index contributed by atoms with van der Waals surface area (Å²) in [6.07, 6.45) is 0. The van der Waals surface area contributed by atoms with Crippen molar-refractivity contribution in [1.82, 2.24) is 5.32 Å². The minimum Gasteiger partial charge on any atom is -0.383 e. The Hall–Kier alpha value is -1.69. The molecule has 1 atom stereocenters. The second-order valence-electron chi connectivity index (χ2n) is 3.61. The highest BCUT2D eigenvalue weighted by Gasteiger charge is 2.08. The third-order valence-electron chi connectivity index (χ3n) is 1.91. The van der Waals surface area contributed by atoms with E-state index in [9.17, 15) is 13.6 Å². The van der Waals surface area contributed by atoms with Crippen molar-refractivity contribution in [1.29, 1.82) is 0 Å². The lowest BCUT2D eigenvalue weighted by Crippen LogP contribution is -2.38. The van der Waals surface area contributed by atoms with E-state index in [4.69, 9.17) is 4.74 Å². The summed E-state index contributed by atoms with van der Waals surface area (Å²) in [4.78, 5) is 11.4. The summed E-state index contributed by atoms with van der Waals surface area (Å²) >= 11 is 0. The molecule has 0 aliphatic carbocycles. The van der Waals surface area contributed by atoms with Gasteiger partial charge in [0, 0.05) is 18.9 Å². The Bertz CT molecular complexity index is 379. The first-order valence-corrected chi connectivity index (χ1v) is 5.04. The van der Waals surface area contributed by atoms with E-state index in [-0.39, 0.29) is 11.7 Å². The number of methoxy groups -OCH3 is 1. The Morgan fingerprint density at radius 2 is 1.94 bits per heavy atom. The molecule has 94 valence electrons. The summed E-state index contributed by atoms with van der Waals surface area (Å²) in [5.74, 6) is -1.49. The molecule has 2 N–H and O–H groups in total. The number of hydrogen-bond donors (Lipinski definition) is 2. The summed E-state index contributed by atoms with van der Waals surface area (Å²) in [6, 6.07) is 2.06. The molecule has 0 saturated heterocycles. The molecule has 4 nitrogen and oxygen atoms in total. The standard InChI is InChI=1S/C11H14F2N2O2/c1-7(6-17-2)14-11(16)15-10-4-8(12)3-9(13)5-10/h3-5,7H,6H2,1-2H3,(H2,14,15,16). The number of benzene rings is 1. The van der Waals surface area contributed by atoms with Crippen molar-refractivity contribution in [3.63, 3.8) is 0 Å². The SMILES string of the molecule is COCC(C)NC(=O)Nc1cc(F)cc(F)c1. The van der Waals surface area contributed by atoms with Gasteiger partial charge in [-0.05, 0) is 19.1 Å². The lowest BCUT2D eigenvalue weighted by atomic mass is 10.3. The molecule has 6 heteroatoms. The number of hydrogen-bond acceptors (Lipinski definition) is 2. The van der Waals surface area contributed by atoms with Crippen molar-refractivity contribution in [2.45, 2.75) is 13.0 Å². The minimum absolute atomic E-state index is 0.0598. The Balaban J connectivity index is 2.56. The molecule has 1 unspecified atom stereocenters. The molecule has 0 spiro atoms. The number of urea groups is 1. The summed E-state index contributed by atoms with van der Waals surface area (Å²) in [5.41, 5.74) is 0.0598. The molecule has 17 heavy (non-hydrogen) atoms. The van der Waals surface area contributed by atoms with E-state index in [0.29, 0.717) is 6.61 Å². The maximum Gasteiger partial charge on any atom is 0.319 e. The molecule has 1 rings (SSSR count). The van der Waals surface area contributed by atoms with Gasteiger partial charge in [0.1, 0.15) is 11.6 Å². The van der Waals surface area contributed by atoms with Crippen LogP contribution in [-0.2, 0) is 4.74 Å². The second kappa shape index (κ2) is 6.15. The lowest BCUT2D eigenvalue weighted by Gasteiger charge is -2.13. The number of halogens is 2. The van der Waals surface area contributed by atoms with Crippen molar-refractivity contribution in [3.05, 3.63) is 29.8 Å². The zero-order valence-corrected chi connectivity index (χ0v) is 9.59. The summed E-state index contributed by atoms with van der Waals surface area (Å²) in [5, 5.41) is 4.88. The van der Waals surface area contributed by atoms with Gasteiger partial charge in [-0.25, -0.2) is 13.6 Å². The van der Waals surface area contributed by atoms with Gasteiger partial charge in [-0.1, -0.05) is 0 Å². The quantitative estimate of drug-likeness (QED) is 0.852. The van der Waals surface area contributed by atoms with E-state index in [1.165, 1.54) is 7.11 Å². The first kappa shape index (κ1) is 13.4. The van der Waals surface area contributed by atoms with Gasteiger partial charge in [-0.15, -0.1) is 0 Å². The highest BCUT2D eigenvalue weighted by Crippen LogP contribution is 2.12. The largest absolute Gasteiger partial charge is 0.383 e. The van der Waals surface area contributed by atoms with Gasteiger partial charge in [0.2, 0.25) is 0 Å². The van der Waals surface area contributed by atoms with Crippen LogP contribution >= 0.6 is 0 Å². The predicted octanol–water partition coefficient (Wildman–Crippen LogP) is 2.12. The van der Waals surface area contributed by atoms with Gasteiger partial charge < -0.3 is 15.4 Å². The molecular formula is C11H14F2N2O2. The summed E-state index contributed by atoms with van der Waals surface area (Å²) in [7, 11) is 1.51. The number of nitrogens with one attached hydrogen (secondary N) is 2. The topological polar surface area (TPSA) is 50.4 Å². The number of carbonyl (C=O) groups is 1. The third kappa shape index (κ3) is 4.78. The first-order valence-electron chi connectivity index (χ1n) is 5.04. The minimum atomic E-state index is -0.745. The molecule has 0 fully saturated rings. The lowest BCUT2D eigenvalue weighted by molar-refractivity contribution is 0.173. The number of rotatable bonds is 4. The van der Waals surface area contributed by atoms with Crippen LogP contribution in [0.15, 0.2) is 18.2 Å². The molecule has 0 aliphatic rings. The molecule has 0 bridgehead atoms. The van der Waals surface area contributed by atoms with Crippen molar-refractivity contribution < 1.29 is 18.3 Å². The molecule has 0 aliphatic heterocycles. The van der Waals surface area contributed by atoms with Crippen LogP contribution in [-0.4, -0.2) is 25.8 Å². The average molecular weight is 244 g/mol. The van der Waals surface area contributed by atoms with Gasteiger partial charge in [0.25, 0.3) is 0 Å². The highest BCUT2D eigenvalue weighted by molar-refractivity contribution is 5.89. The van der Waals surface area contributed by atoms with Gasteiger partial charge in [0.15, 0.2) is 0 Å². The van der Waals surface area contributed by atoms with Crippen molar-refractivity contribution in [3.8, 4) is 0 Å². The van der Waals surface area contributed by atoms with E-state index in [1.54, 1.807) is 6.92 Å². The van der Waals surface area contributed by atoms with Gasteiger partial charge in [-0.2, -0.15) is 0 Å². The molecule has 1 aromatic rings. The zero-order chi connectivity index (χ0) is 12.8. The smallest absolute Gasteiger partial charge is 0.319 e. The van der Waals surface area contributed by atoms with Crippen LogP contribution in [0.1, 0.15) is 6.92 Å². The van der Waals surface area contributed by atoms with Gasteiger partial charge in [0.05, 0.1) is 12.6 Å². The number of ether oxygens (including phenoxy) is 1. The fourth-order valence-electron chi connectivity index (χ4n) is 1.31. The van der Waals surface area contributed by atoms with Crippen LogP contribution in [0.25, 0.3) is 0 Å². The van der Waals surface area contributed by atoms with Crippen LogP contribution in [0.3, 0.4) is 0 Å². The van der Waals surface area contributed by atoms with E-state index in [0.717, 1.165) is 18.2 Å². The number of amides is 2. The molecule has 0 heterocycles. The van der Waals surface area contributed by atoms with Crippen molar-refractivity contribution in [2.75, 3.05) is 19.0 Å². The first-order chi connectivity index (χ1) is 8.01. The van der Waals surface area contributed by atoms with Crippen LogP contribution in [0.2, 0.25) is 0 Å². The maximum atomic E-state index is 12.8. The Kier molecular flexibility index (Phi) is 4.84. The van der Waals surface area contributed by atoms with E-state index in [1.807, 2.05) is 0 Å². The van der Waals surface area contributed by atoms with Crippen molar-refractivity contribution in [2.24, 2.45) is 0 Å². The molecular weight excluding hydrogens is 230 g/mol. The summed E-state index contributed by atoms with van der Waals surface area (Å²) in [6.45, 7) is 2.10. The van der Waals surface area contributed by atoms with Crippen molar-refractivity contribution >= 4 is 11.7 Å². The Morgan fingerprint density at radius 1 is 1.35 bits per heavy atom. The number of anilines is 1. The van der Waals surface area contributed by atoms with Gasteiger partial charge >= 0.3 is 6.03 Å². The fraction of sp³-hybridized carbons (Fsp3) is 0.364. The van der Waals surface area contributed by atoms with E-state index in [2.05, 4.69) is 10.6 Å². The molecule has 1 aromatic carbocycles. The predicted molar refractivity (Wildman–Crippen MR) is 59.9 cm³/mol. The van der Waals surface area contributed by atoms with Gasteiger partial charge in [-0.3, -0.25) is 0 Å². The Labute approximate surface area is 98.0 Å². The van der Waals surface area contributed by atoms with E-state index >= 15 is 0 Å². The van der Waals surface area contributed by atoms with E-state index < -0.39 is 17.7 Å². The maximum absolute atomic E-state index is 12.8. The normalized spacial score (nSPS) is 12.0. The van der Waals surface area contributed by atoms with Crippen LogP contribution in [0.4, 0.5) is 19.3 Å². The second-order valence-corrected chi connectivity index (χ2v) is 3.61. The third-order valence-corrected chi connectivity index (χ3v) is 1.91. The zero-order valence-electron chi connectivity index (χ0n) is 9.59. The van der Waals surface area contributed by atoms with Crippen LogP contribution in [0, 0.1) is 11.6 Å². The molecule has 0 aromatic heterocycles. The Morgan fingerprint density at radius 3 is 2.47 bits per heavy atom. The van der Waals surface area contributed by atoms with Crippen LogP contribution in [0.5, 0.6) is 0 Å². The fourth-order valence-corrected chi connectivity index (χ4v) is 1.31. The van der Waals surface area contributed by atoms with Crippen LogP contribution < -0.4 is 10.6 Å². The molecule has 0 radical (unpaired) electrons. The number of carbonyl (C=O) groups excluding carboxylic acids is 1. The molecule has 2 amide bonds. The average Bonchev–Trinajstić information content (AvgIpc) is 2.14. The highest BCUT2D eigenvalue weighted by atomic mass is 19.1. The summed E-state index contributed by atoms with van der Waals surface area (Å²) < 4.78 is 30.5. The molecule has 0 saturated carbocycles.